The number of allylic oxidation sites excluding steroid dienone is 1. The molecule has 0 spiro atoms. The van der Waals surface area contributed by atoms with Crippen LogP contribution in [0.15, 0.2) is 11.6 Å². The van der Waals surface area contributed by atoms with E-state index in [0.29, 0.717) is 5.92 Å². The van der Waals surface area contributed by atoms with Crippen LogP contribution in [-0.4, -0.2) is 41.4 Å². The molecule has 0 aliphatic heterocycles. The predicted molar refractivity (Wildman–Crippen MR) is 99.5 cm³/mol. The molecule has 4 aliphatic rings. The van der Waals surface area contributed by atoms with Gasteiger partial charge in [0, 0.05) is 18.4 Å². The zero-order chi connectivity index (χ0) is 18.7. The van der Waals surface area contributed by atoms with E-state index >= 15 is 0 Å². The number of methoxy groups -OCH3 is 1. The number of aliphatic hydroxyl groups is 2. The Morgan fingerprint density at radius 3 is 2.69 bits per heavy atom. The lowest BCUT2D eigenvalue weighted by atomic mass is 9.45. The van der Waals surface area contributed by atoms with Crippen molar-refractivity contribution in [1.82, 2.24) is 0 Å². The first-order valence-corrected chi connectivity index (χ1v) is 10.4. The first-order valence-electron chi connectivity index (χ1n) is 10.4. The molecule has 4 aliphatic carbocycles. The van der Waals surface area contributed by atoms with Crippen molar-refractivity contribution in [3.05, 3.63) is 11.6 Å². The summed E-state index contributed by atoms with van der Waals surface area (Å²) in [6.45, 7) is 4.67. The number of rotatable bonds is 3. The molecule has 0 amide bonds. The summed E-state index contributed by atoms with van der Waals surface area (Å²) in [7, 11) is 1.57. The molecule has 0 aromatic rings. The average Bonchev–Trinajstić information content (AvgIpc) is 2.87. The van der Waals surface area contributed by atoms with Gasteiger partial charge in [0.15, 0.2) is 5.78 Å². The Morgan fingerprint density at radius 2 is 1.96 bits per heavy atom. The van der Waals surface area contributed by atoms with Crippen LogP contribution in [0.2, 0.25) is 0 Å². The quantitative estimate of drug-likeness (QED) is 0.756. The molecule has 4 heteroatoms. The summed E-state index contributed by atoms with van der Waals surface area (Å²) < 4.78 is 5.11. The molecule has 7 atom stereocenters. The zero-order valence-electron chi connectivity index (χ0n) is 16.5. The molecule has 146 valence electrons. The van der Waals surface area contributed by atoms with Crippen LogP contribution in [-0.2, 0) is 9.53 Å². The monoisotopic (exact) mass is 362 g/mol. The summed E-state index contributed by atoms with van der Waals surface area (Å²) >= 11 is 0. The Kier molecular flexibility index (Phi) is 4.41. The van der Waals surface area contributed by atoms with Crippen LogP contribution in [0.5, 0.6) is 0 Å². The molecule has 3 fully saturated rings. The van der Waals surface area contributed by atoms with Crippen molar-refractivity contribution >= 4 is 5.78 Å². The molecule has 4 nitrogen and oxygen atoms in total. The first kappa shape index (κ1) is 18.6. The number of aliphatic hydroxyl groups excluding tert-OH is 1. The van der Waals surface area contributed by atoms with Gasteiger partial charge in [0.1, 0.15) is 6.61 Å². The number of hydrogen-bond donors (Lipinski definition) is 2. The second-order valence-electron chi connectivity index (χ2n) is 9.86. The largest absolute Gasteiger partial charge is 0.393 e. The summed E-state index contributed by atoms with van der Waals surface area (Å²) in [5, 5.41) is 22.0. The van der Waals surface area contributed by atoms with Gasteiger partial charge in [-0.2, -0.15) is 0 Å². The zero-order valence-corrected chi connectivity index (χ0v) is 16.5. The summed E-state index contributed by atoms with van der Waals surface area (Å²) in [5.41, 5.74) is 0.424. The van der Waals surface area contributed by atoms with Crippen molar-refractivity contribution in [1.29, 1.82) is 0 Å². The maximum Gasteiger partial charge on any atom is 0.162 e. The summed E-state index contributed by atoms with van der Waals surface area (Å²) in [4.78, 5) is 12.7. The molecular weight excluding hydrogens is 328 g/mol. The van der Waals surface area contributed by atoms with Crippen molar-refractivity contribution < 1.29 is 19.7 Å². The summed E-state index contributed by atoms with van der Waals surface area (Å²) in [5.74, 6) is 0.762. The highest BCUT2D eigenvalue weighted by molar-refractivity contribution is 5.83. The highest BCUT2D eigenvalue weighted by Gasteiger charge is 2.67. The third-order valence-corrected chi connectivity index (χ3v) is 8.94. The van der Waals surface area contributed by atoms with Crippen molar-refractivity contribution in [2.45, 2.75) is 76.9 Å². The Balaban J connectivity index is 1.67. The lowest BCUT2D eigenvalue weighted by Gasteiger charge is -2.61. The van der Waals surface area contributed by atoms with E-state index < -0.39 is 5.60 Å². The molecule has 7 unspecified atom stereocenters. The molecule has 4 rings (SSSR count). The van der Waals surface area contributed by atoms with Crippen LogP contribution in [0.1, 0.15) is 65.2 Å². The smallest absolute Gasteiger partial charge is 0.162 e. The van der Waals surface area contributed by atoms with Gasteiger partial charge in [-0.15, -0.1) is 0 Å². The maximum atomic E-state index is 12.7. The molecule has 0 aromatic carbocycles. The fourth-order valence-electron chi connectivity index (χ4n) is 7.37. The van der Waals surface area contributed by atoms with E-state index in [-0.39, 0.29) is 41.2 Å². The first-order chi connectivity index (χ1) is 12.3. The summed E-state index contributed by atoms with van der Waals surface area (Å²) in [6, 6.07) is 0. The number of Topliss-reactive ketones (excluding diaryl/α,β-unsaturated/α-hetero) is 1. The molecule has 0 heterocycles. The topological polar surface area (TPSA) is 66.8 Å². The maximum absolute atomic E-state index is 12.7. The van der Waals surface area contributed by atoms with E-state index in [0.717, 1.165) is 51.4 Å². The van der Waals surface area contributed by atoms with E-state index in [2.05, 4.69) is 19.9 Å². The third kappa shape index (κ3) is 2.34. The van der Waals surface area contributed by atoms with Gasteiger partial charge in [-0.3, -0.25) is 4.79 Å². The Bertz CT molecular complexity index is 628. The Morgan fingerprint density at radius 1 is 1.19 bits per heavy atom. The normalized spacial score (nSPS) is 50.4. The van der Waals surface area contributed by atoms with E-state index in [1.54, 1.807) is 7.11 Å². The Hall–Kier alpha value is -0.710. The van der Waals surface area contributed by atoms with Gasteiger partial charge >= 0.3 is 0 Å². The second-order valence-corrected chi connectivity index (χ2v) is 9.86. The lowest BCUT2D eigenvalue weighted by molar-refractivity contribution is -0.182. The average molecular weight is 363 g/mol. The minimum absolute atomic E-state index is 0.0836. The van der Waals surface area contributed by atoms with Crippen LogP contribution in [0.3, 0.4) is 0 Å². The van der Waals surface area contributed by atoms with E-state index in [1.807, 2.05) is 0 Å². The Labute approximate surface area is 157 Å². The number of carbonyl (C=O) groups excluding carboxylic acids is 1. The van der Waals surface area contributed by atoms with Crippen molar-refractivity contribution in [3.63, 3.8) is 0 Å². The number of ether oxygens (including phenoxy) is 1. The van der Waals surface area contributed by atoms with Crippen LogP contribution < -0.4 is 0 Å². The molecule has 0 bridgehead atoms. The summed E-state index contributed by atoms with van der Waals surface area (Å²) in [6.07, 6.45) is 9.17. The minimum atomic E-state index is -0.759. The van der Waals surface area contributed by atoms with Crippen LogP contribution in [0, 0.1) is 28.6 Å². The van der Waals surface area contributed by atoms with Gasteiger partial charge in [-0.05, 0) is 68.6 Å². The molecule has 0 radical (unpaired) electrons. The van der Waals surface area contributed by atoms with Crippen LogP contribution in [0.25, 0.3) is 0 Å². The van der Waals surface area contributed by atoms with Gasteiger partial charge < -0.3 is 14.9 Å². The molecule has 0 saturated heterocycles. The molecule has 26 heavy (non-hydrogen) atoms. The van der Waals surface area contributed by atoms with Crippen molar-refractivity contribution in [2.75, 3.05) is 13.7 Å². The van der Waals surface area contributed by atoms with E-state index in [1.165, 1.54) is 5.57 Å². The van der Waals surface area contributed by atoms with Crippen molar-refractivity contribution in [2.24, 2.45) is 28.6 Å². The number of carbonyl (C=O) groups is 1. The van der Waals surface area contributed by atoms with Gasteiger partial charge in [-0.25, -0.2) is 0 Å². The molecular formula is C22H34O4. The standard InChI is InChI=1S/C22H34O4/c1-20-9-6-15(23)12-14(20)4-5-17-16(20)7-10-21(2)18(19(24)13-26-3)8-11-22(17,21)25/h4,15-18,23,25H,5-13H2,1-3H3. The second kappa shape index (κ2) is 6.15. The SMILES string of the molecule is COCC(=O)C1CCC2(O)C3CC=C4CC(O)CCC4(C)C3CCC12C. The van der Waals surface area contributed by atoms with Gasteiger partial charge in [0.2, 0.25) is 0 Å². The minimum Gasteiger partial charge on any atom is -0.393 e. The molecule has 3 saturated carbocycles. The van der Waals surface area contributed by atoms with Gasteiger partial charge in [0.05, 0.1) is 11.7 Å². The highest BCUT2D eigenvalue weighted by atomic mass is 16.5. The molecule has 2 N–H and O–H groups in total. The number of hydrogen-bond acceptors (Lipinski definition) is 4. The fourth-order valence-corrected chi connectivity index (χ4v) is 7.37. The lowest BCUT2D eigenvalue weighted by Crippen LogP contribution is -2.61. The molecule has 0 aromatic heterocycles. The highest BCUT2D eigenvalue weighted by Crippen LogP contribution is 2.67. The predicted octanol–water partition coefficient (Wildman–Crippen LogP) is 3.26. The third-order valence-electron chi connectivity index (χ3n) is 8.94. The van der Waals surface area contributed by atoms with Crippen molar-refractivity contribution in [3.8, 4) is 0 Å². The van der Waals surface area contributed by atoms with Gasteiger partial charge in [0.25, 0.3) is 0 Å². The van der Waals surface area contributed by atoms with Crippen LogP contribution in [0.4, 0.5) is 0 Å². The van der Waals surface area contributed by atoms with Gasteiger partial charge in [-0.1, -0.05) is 25.5 Å². The van der Waals surface area contributed by atoms with Crippen LogP contribution >= 0.6 is 0 Å². The van der Waals surface area contributed by atoms with E-state index in [4.69, 9.17) is 4.74 Å². The van der Waals surface area contributed by atoms with E-state index in [9.17, 15) is 15.0 Å². The number of fused-ring (bicyclic) bond motifs is 5. The fraction of sp³-hybridized carbons (Fsp3) is 0.864. The number of ketones is 1.